The molecule has 4 heteroatoms. The quantitative estimate of drug-likeness (QED) is 0.746. The Kier molecular flexibility index (Phi) is 2.95. The second kappa shape index (κ2) is 4.41. The Morgan fingerprint density at radius 2 is 1.82 bits per heavy atom. The Morgan fingerprint density at radius 3 is 2.41 bits per heavy atom. The molecule has 0 N–H and O–H groups in total. The van der Waals surface area contributed by atoms with Gasteiger partial charge in [-0.25, -0.2) is 8.78 Å². The van der Waals surface area contributed by atoms with Gasteiger partial charge in [0.1, 0.15) is 11.6 Å². The van der Waals surface area contributed by atoms with E-state index in [4.69, 9.17) is 0 Å². The van der Waals surface area contributed by atoms with Crippen molar-refractivity contribution in [2.75, 3.05) is 0 Å². The van der Waals surface area contributed by atoms with E-state index < -0.39 is 23.0 Å². The van der Waals surface area contributed by atoms with Crippen LogP contribution in [0.2, 0.25) is 0 Å². The topological polar surface area (TPSA) is 30.0 Å². The third-order valence-corrected chi connectivity index (χ3v) is 2.33. The summed E-state index contributed by atoms with van der Waals surface area (Å²) in [6.07, 6.45) is 2.86. The molecule has 2 nitrogen and oxygen atoms in total. The van der Waals surface area contributed by atoms with Crippen molar-refractivity contribution in [3.8, 4) is 0 Å². The van der Waals surface area contributed by atoms with Crippen molar-refractivity contribution in [3.63, 3.8) is 0 Å². The molecule has 0 fully saturated rings. The minimum atomic E-state index is -0.864. The first-order valence-corrected chi connectivity index (χ1v) is 5.00. The molecular formula is C13H9F2NO. The first kappa shape index (κ1) is 11.4. The summed E-state index contributed by atoms with van der Waals surface area (Å²) in [5.74, 6) is -2.43. The van der Waals surface area contributed by atoms with Crippen LogP contribution in [-0.2, 0) is 0 Å². The maximum atomic E-state index is 13.4. The van der Waals surface area contributed by atoms with Gasteiger partial charge in [-0.3, -0.25) is 9.78 Å². The van der Waals surface area contributed by atoms with Crippen molar-refractivity contribution in [3.05, 3.63) is 65.0 Å². The summed E-state index contributed by atoms with van der Waals surface area (Å²) in [6, 6.07) is 4.87. The molecule has 0 atom stereocenters. The highest BCUT2D eigenvalue weighted by atomic mass is 19.1. The molecule has 0 saturated heterocycles. The van der Waals surface area contributed by atoms with Gasteiger partial charge in [0.2, 0.25) is 0 Å². The Hall–Kier alpha value is -2.10. The molecule has 2 rings (SSSR count). The van der Waals surface area contributed by atoms with Crippen LogP contribution in [0, 0.1) is 18.6 Å². The number of pyridine rings is 1. The van der Waals surface area contributed by atoms with E-state index in [0.717, 1.165) is 17.7 Å². The van der Waals surface area contributed by atoms with E-state index in [1.807, 2.05) is 0 Å². The second-order valence-electron chi connectivity index (χ2n) is 3.68. The summed E-state index contributed by atoms with van der Waals surface area (Å²) < 4.78 is 26.8. The van der Waals surface area contributed by atoms with Crippen molar-refractivity contribution in [1.29, 1.82) is 0 Å². The normalized spacial score (nSPS) is 10.3. The van der Waals surface area contributed by atoms with Crippen molar-refractivity contribution >= 4 is 5.78 Å². The lowest BCUT2D eigenvalue weighted by Crippen LogP contribution is -2.08. The highest BCUT2D eigenvalue weighted by molar-refractivity contribution is 6.09. The number of aryl methyl sites for hydroxylation is 1. The van der Waals surface area contributed by atoms with E-state index in [2.05, 4.69) is 4.98 Å². The minimum Gasteiger partial charge on any atom is -0.288 e. The van der Waals surface area contributed by atoms with E-state index in [0.29, 0.717) is 0 Å². The average Bonchev–Trinajstić information content (AvgIpc) is 2.28. The fourth-order valence-electron chi connectivity index (χ4n) is 1.54. The predicted molar refractivity (Wildman–Crippen MR) is 58.8 cm³/mol. The molecule has 0 spiro atoms. The first-order valence-electron chi connectivity index (χ1n) is 5.00. The van der Waals surface area contributed by atoms with Crippen molar-refractivity contribution in [1.82, 2.24) is 4.98 Å². The molecule has 1 aromatic heterocycles. The zero-order valence-corrected chi connectivity index (χ0v) is 9.08. The van der Waals surface area contributed by atoms with E-state index >= 15 is 0 Å². The minimum absolute atomic E-state index is 0.175. The van der Waals surface area contributed by atoms with Gasteiger partial charge in [-0.1, -0.05) is 6.07 Å². The molecule has 2 aromatic rings. The summed E-state index contributed by atoms with van der Waals surface area (Å²) in [5, 5.41) is 0. The van der Waals surface area contributed by atoms with Crippen LogP contribution in [0.25, 0.3) is 0 Å². The van der Waals surface area contributed by atoms with Gasteiger partial charge in [0.05, 0.1) is 5.56 Å². The van der Waals surface area contributed by atoms with Crippen LogP contribution in [-0.4, -0.2) is 10.8 Å². The maximum Gasteiger partial charge on any atom is 0.200 e. The number of carbonyl (C=O) groups is 1. The van der Waals surface area contributed by atoms with E-state index in [1.54, 1.807) is 19.2 Å². The number of carbonyl (C=O) groups excluding carboxylic acids is 1. The number of aromatic nitrogens is 1. The average molecular weight is 233 g/mol. The number of benzene rings is 1. The number of hydrogen-bond acceptors (Lipinski definition) is 2. The maximum absolute atomic E-state index is 13.4. The first-order chi connectivity index (χ1) is 8.09. The van der Waals surface area contributed by atoms with Gasteiger partial charge >= 0.3 is 0 Å². The molecule has 0 aliphatic rings. The van der Waals surface area contributed by atoms with Gasteiger partial charge in [0.15, 0.2) is 5.78 Å². The molecule has 17 heavy (non-hydrogen) atoms. The predicted octanol–water partition coefficient (Wildman–Crippen LogP) is 2.90. The van der Waals surface area contributed by atoms with Crippen LogP contribution in [0.1, 0.15) is 21.5 Å². The molecule has 0 amide bonds. The fourth-order valence-corrected chi connectivity index (χ4v) is 1.54. The highest BCUT2D eigenvalue weighted by Crippen LogP contribution is 2.17. The van der Waals surface area contributed by atoms with Crippen LogP contribution in [0.4, 0.5) is 8.78 Å². The molecule has 0 saturated carbocycles. The molecule has 1 aromatic carbocycles. The number of nitrogens with zero attached hydrogens (tertiary/aromatic N) is 1. The van der Waals surface area contributed by atoms with Crippen LogP contribution in [0.15, 0.2) is 36.7 Å². The summed E-state index contributed by atoms with van der Waals surface area (Å²) in [5.41, 5.74) is 0.390. The Bertz CT molecular complexity index is 561. The zero-order valence-electron chi connectivity index (χ0n) is 9.08. The Balaban J connectivity index is 2.51. The number of hydrogen-bond donors (Lipinski definition) is 0. The number of halogens is 2. The van der Waals surface area contributed by atoms with Crippen LogP contribution < -0.4 is 0 Å². The van der Waals surface area contributed by atoms with Crippen molar-refractivity contribution in [2.45, 2.75) is 6.92 Å². The second-order valence-corrected chi connectivity index (χ2v) is 3.68. The van der Waals surface area contributed by atoms with Gasteiger partial charge < -0.3 is 0 Å². The summed E-state index contributed by atoms with van der Waals surface area (Å²) in [6.45, 7) is 1.75. The lowest BCUT2D eigenvalue weighted by molar-refractivity contribution is 0.103. The van der Waals surface area contributed by atoms with Gasteiger partial charge in [0.25, 0.3) is 0 Å². The zero-order chi connectivity index (χ0) is 12.4. The van der Waals surface area contributed by atoms with E-state index in [-0.39, 0.29) is 5.56 Å². The Labute approximate surface area is 96.9 Å². The monoisotopic (exact) mass is 233 g/mol. The lowest BCUT2D eigenvalue weighted by atomic mass is 10.0. The third-order valence-electron chi connectivity index (χ3n) is 2.33. The molecule has 0 aliphatic carbocycles. The standard InChI is InChI=1S/C13H9F2NO/c1-8-5-9(7-16-6-8)13(17)12-10(14)3-2-4-11(12)15/h2-7H,1H3. The summed E-state index contributed by atoms with van der Waals surface area (Å²) in [4.78, 5) is 15.7. The lowest BCUT2D eigenvalue weighted by Gasteiger charge is -2.04. The third kappa shape index (κ3) is 2.20. The van der Waals surface area contributed by atoms with Crippen LogP contribution in [0.3, 0.4) is 0 Å². The van der Waals surface area contributed by atoms with Gasteiger partial charge in [-0.05, 0) is 30.7 Å². The molecule has 0 unspecified atom stereocenters. The number of rotatable bonds is 2. The summed E-state index contributed by atoms with van der Waals surface area (Å²) >= 11 is 0. The van der Waals surface area contributed by atoms with Crippen LogP contribution >= 0.6 is 0 Å². The van der Waals surface area contributed by atoms with Crippen LogP contribution in [0.5, 0.6) is 0 Å². The van der Waals surface area contributed by atoms with E-state index in [1.165, 1.54) is 12.3 Å². The molecule has 0 aliphatic heterocycles. The van der Waals surface area contributed by atoms with Crippen molar-refractivity contribution < 1.29 is 13.6 Å². The van der Waals surface area contributed by atoms with Gasteiger partial charge in [-0.15, -0.1) is 0 Å². The number of ketones is 1. The van der Waals surface area contributed by atoms with Crippen molar-refractivity contribution in [2.24, 2.45) is 0 Å². The van der Waals surface area contributed by atoms with E-state index in [9.17, 15) is 13.6 Å². The summed E-state index contributed by atoms with van der Waals surface area (Å²) in [7, 11) is 0. The van der Waals surface area contributed by atoms with Gasteiger partial charge in [0, 0.05) is 18.0 Å². The molecule has 0 radical (unpaired) electrons. The molecule has 1 heterocycles. The molecule has 0 bridgehead atoms. The molecule has 86 valence electrons. The highest BCUT2D eigenvalue weighted by Gasteiger charge is 2.18. The Morgan fingerprint density at radius 1 is 1.18 bits per heavy atom. The van der Waals surface area contributed by atoms with Gasteiger partial charge in [-0.2, -0.15) is 0 Å². The SMILES string of the molecule is Cc1cncc(C(=O)c2c(F)cccc2F)c1. The fraction of sp³-hybridized carbons (Fsp3) is 0.0769. The molecular weight excluding hydrogens is 224 g/mol. The smallest absolute Gasteiger partial charge is 0.200 e. The largest absolute Gasteiger partial charge is 0.288 e.